The van der Waals surface area contributed by atoms with Gasteiger partial charge < -0.3 is 28.6 Å². The molecule has 0 aliphatic heterocycles. The topological polar surface area (TPSA) is 130 Å². The van der Waals surface area contributed by atoms with Crippen LogP contribution >= 0.6 is 15.6 Å². The predicted molar refractivity (Wildman–Crippen MR) is 156 cm³/mol. The highest BCUT2D eigenvalue weighted by Crippen LogP contribution is 2.40. The van der Waals surface area contributed by atoms with Crippen molar-refractivity contribution in [3.05, 3.63) is 0 Å². The largest absolute Gasteiger partial charge is 0.756 e. The van der Waals surface area contributed by atoms with Crippen molar-refractivity contribution in [2.24, 2.45) is 17.8 Å². The maximum atomic E-state index is 11.8. The standard InChI is InChI=1S/C16H35O4P.C8H19O4P.C3H9N/c1-5-9-11-15(7-3)13-19-21(17,18)20-14-16(8-4)12-10-6-2;1-3-5-6-8(4-2)7-12-13(9,10)11;1-4(2)3/h15-16H,5-14H2,1-4H3,(H,17,18);8H,3-7H2,1-2H3,(H2,9,10,11);1-3H3. The molecule has 9 nitrogen and oxygen atoms in total. The first-order chi connectivity index (χ1) is 17.7. The van der Waals surface area contributed by atoms with Gasteiger partial charge in [-0.1, -0.05) is 99.3 Å². The Morgan fingerprint density at radius 2 is 0.895 bits per heavy atom. The van der Waals surface area contributed by atoms with Gasteiger partial charge in [0.2, 0.25) is 0 Å². The van der Waals surface area contributed by atoms with Crippen molar-refractivity contribution in [1.29, 1.82) is 0 Å². The average molecular weight is 592 g/mol. The first kappa shape index (κ1) is 42.6. The van der Waals surface area contributed by atoms with E-state index in [0.29, 0.717) is 11.8 Å². The zero-order valence-corrected chi connectivity index (χ0v) is 27.9. The number of phosphoric acid groups is 2. The Balaban J connectivity index is -0.000000611. The molecule has 3 unspecified atom stereocenters. The molecule has 3 atom stereocenters. The van der Waals surface area contributed by atoms with Crippen molar-refractivity contribution in [1.82, 2.24) is 0 Å². The SMILES string of the molecule is CCCCC(CC)COP(=O)(O)O.CCCCC(CC)COP(=O)([O-])OCC(CC)CCCC.C[NH+](C)C. The molecule has 0 aromatic heterocycles. The molecule has 38 heavy (non-hydrogen) atoms. The van der Waals surface area contributed by atoms with Gasteiger partial charge >= 0.3 is 7.82 Å². The lowest BCUT2D eigenvalue weighted by molar-refractivity contribution is -0.836. The molecule has 0 bridgehead atoms. The van der Waals surface area contributed by atoms with Gasteiger partial charge in [0.05, 0.1) is 41.0 Å². The Morgan fingerprint density at radius 3 is 1.11 bits per heavy atom. The second-order valence-electron chi connectivity index (χ2n) is 10.6. The van der Waals surface area contributed by atoms with Gasteiger partial charge in [-0.05, 0) is 37.0 Å². The summed E-state index contributed by atoms with van der Waals surface area (Å²) < 4.78 is 36.8. The third-order valence-corrected chi connectivity index (χ3v) is 7.46. The second kappa shape index (κ2) is 27.4. The number of nitrogens with one attached hydrogen (secondary N) is 1. The maximum absolute atomic E-state index is 11.8. The lowest BCUT2D eigenvalue weighted by Crippen LogP contribution is -3.02. The van der Waals surface area contributed by atoms with Crippen LogP contribution in [0.3, 0.4) is 0 Å². The van der Waals surface area contributed by atoms with Gasteiger partial charge in [0.15, 0.2) is 0 Å². The highest BCUT2D eigenvalue weighted by Gasteiger charge is 2.17. The van der Waals surface area contributed by atoms with E-state index in [1.165, 1.54) is 4.90 Å². The summed E-state index contributed by atoms with van der Waals surface area (Å²) in [5.74, 6) is 0.878. The van der Waals surface area contributed by atoms with Crippen LogP contribution in [0.2, 0.25) is 0 Å². The van der Waals surface area contributed by atoms with E-state index in [1.807, 2.05) is 6.92 Å². The average Bonchev–Trinajstić information content (AvgIpc) is 2.84. The second-order valence-corrected chi connectivity index (χ2v) is 13.2. The van der Waals surface area contributed by atoms with E-state index >= 15 is 0 Å². The van der Waals surface area contributed by atoms with Crippen LogP contribution in [0.4, 0.5) is 0 Å². The molecule has 234 valence electrons. The Labute approximate surface area is 235 Å². The summed E-state index contributed by atoms with van der Waals surface area (Å²) in [4.78, 5) is 30.2. The Morgan fingerprint density at radius 1 is 0.632 bits per heavy atom. The van der Waals surface area contributed by atoms with Crippen molar-refractivity contribution in [2.45, 2.75) is 119 Å². The molecule has 0 aromatic rings. The van der Waals surface area contributed by atoms with Gasteiger partial charge in [0.1, 0.15) is 0 Å². The van der Waals surface area contributed by atoms with Crippen molar-refractivity contribution in [3.63, 3.8) is 0 Å². The minimum atomic E-state index is -4.26. The van der Waals surface area contributed by atoms with Gasteiger partial charge in [-0.25, -0.2) is 4.57 Å². The molecule has 0 heterocycles. The lowest BCUT2D eigenvalue weighted by Gasteiger charge is -2.27. The fourth-order valence-electron chi connectivity index (χ4n) is 3.33. The summed E-state index contributed by atoms with van der Waals surface area (Å²) >= 11 is 0. The zero-order chi connectivity index (χ0) is 30.0. The normalized spacial score (nSPS) is 15.5. The third-order valence-electron chi connectivity index (χ3n) is 6.04. The van der Waals surface area contributed by atoms with Crippen LogP contribution in [-0.2, 0) is 22.7 Å². The van der Waals surface area contributed by atoms with Gasteiger partial charge in [0.25, 0.3) is 7.82 Å². The Bertz CT molecular complexity index is 563. The molecule has 0 aromatic carbocycles. The van der Waals surface area contributed by atoms with Crippen LogP contribution in [0.1, 0.15) is 119 Å². The van der Waals surface area contributed by atoms with E-state index in [-0.39, 0.29) is 25.7 Å². The fourth-order valence-corrected chi connectivity index (χ4v) is 4.59. The van der Waals surface area contributed by atoms with Crippen molar-refractivity contribution in [3.8, 4) is 0 Å². The van der Waals surface area contributed by atoms with Crippen LogP contribution in [0.15, 0.2) is 0 Å². The van der Waals surface area contributed by atoms with E-state index in [1.54, 1.807) is 0 Å². The molecule has 0 aliphatic rings. The van der Waals surface area contributed by atoms with Crippen LogP contribution < -0.4 is 9.79 Å². The Kier molecular flexibility index (Phi) is 30.7. The fraction of sp³-hybridized carbons (Fsp3) is 1.00. The molecule has 0 spiro atoms. The molecule has 0 fully saturated rings. The van der Waals surface area contributed by atoms with Crippen molar-refractivity contribution < 1.29 is 42.3 Å². The molecule has 0 saturated carbocycles. The number of rotatable bonds is 21. The molecule has 11 heteroatoms. The van der Waals surface area contributed by atoms with Gasteiger partial charge in [0, 0.05) is 0 Å². The quantitative estimate of drug-likeness (QED) is 0.139. The van der Waals surface area contributed by atoms with Crippen LogP contribution in [-0.4, -0.2) is 50.8 Å². The van der Waals surface area contributed by atoms with E-state index < -0.39 is 15.6 Å². The maximum Gasteiger partial charge on any atom is 0.469 e. The summed E-state index contributed by atoms with van der Waals surface area (Å²) in [6.45, 7) is 13.2. The van der Waals surface area contributed by atoms with Crippen molar-refractivity contribution in [2.75, 3.05) is 41.0 Å². The van der Waals surface area contributed by atoms with Gasteiger partial charge in [-0.2, -0.15) is 0 Å². The number of hydrogen-bond donors (Lipinski definition) is 3. The molecular formula is C27H63NO8P2. The third kappa shape index (κ3) is 34.2. The minimum Gasteiger partial charge on any atom is -0.756 e. The van der Waals surface area contributed by atoms with E-state index in [2.05, 4.69) is 60.3 Å². The summed E-state index contributed by atoms with van der Waals surface area (Å²) in [6.07, 6.45) is 12.4. The Hall–Kier alpha value is 0.180. The number of phosphoric ester groups is 2. The highest BCUT2D eigenvalue weighted by molar-refractivity contribution is 7.46. The number of quaternary nitrogens is 1. The molecule has 0 saturated heterocycles. The monoisotopic (exact) mass is 591 g/mol. The first-order valence-electron chi connectivity index (χ1n) is 14.8. The van der Waals surface area contributed by atoms with E-state index in [0.717, 1.165) is 77.0 Å². The molecule has 0 radical (unpaired) electrons. The van der Waals surface area contributed by atoms with Gasteiger partial charge in [-0.15, -0.1) is 0 Å². The predicted octanol–water partition coefficient (Wildman–Crippen LogP) is 5.99. The first-order valence-corrected chi connectivity index (χ1v) is 17.8. The molecule has 3 N–H and O–H groups in total. The van der Waals surface area contributed by atoms with Crippen LogP contribution in [0.5, 0.6) is 0 Å². The molecule has 0 aliphatic carbocycles. The molecule has 0 amide bonds. The van der Waals surface area contributed by atoms with Crippen LogP contribution in [0, 0.1) is 17.8 Å². The van der Waals surface area contributed by atoms with Gasteiger partial charge in [-0.3, -0.25) is 9.09 Å². The highest BCUT2D eigenvalue weighted by atomic mass is 31.2. The minimum absolute atomic E-state index is 0.167. The molecule has 0 rings (SSSR count). The van der Waals surface area contributed by atoms with E-state index in [9.17, 15) is 14.0 Å². The number of hydrogen-bond acceptors (Lipinski definition) is 6. The zero-order valence-electron chi connectivity index (χ0n) is 26.1. The number of unbranched alkanes of at least 4 members (excludes halogenated alkanes) is 3. The lowest BCUT2D eigenvalue weighted by atomic mass is 10.0. The molecular weight excluding hydrogens is 528 g/mol. The van der Waals surface area contributed by atoms with Crippen LogP contribution in [0.25, 0.3) is 0 Å². The summed E-state index contributed by atoms with van der Waals surface area (Å²) in [5.41, 5.74) is 0. The summed E-state index contributed by atoms with van der Waals surface area (Å²) in [7, 11) is -2.16. The smallest absolute Gasteiger partial charge is 0.469 e. The summed E-state index contributed by atoms with van der Waals surface area (Å²) in [6, 6.07) is 0. The summed E-state index contributed by atoms with van der Waals surface area (Å²) in [5, 5.41) is 0. The van der Waals surface area contributed by atoms with E-state index in [4.69, 9.17) is 18.8 Å². The van der Waals surface area contributed by atoms with Crippen molar-refractivity contribution >= 4 is 15.6 Å².